The number of phosphoric ester groups is 1. The molecule has 0 aromatic heterocycles. The predicted octanol–water partition coefficient (Wildman–Crippen LogP) is 0.189. The first-order valence-electron chi connectivity index (χ1n) is 4.48. The third kappa shape index (κ3) is 2.82. The lowest BCUT2D eigenvalue weighted by Crippen LogP contribution is -2.11. The van der Waals surface area contributed by atoms with E-state index in [0.717, 1.165) is 7.11 Å². The fraction of sp³-hybridized carbons (Fsp3) is 0.625. The number of ether oxygens (including phenoxy) is 1. The van der Waals surface area contributed by atoms with Gasteiger partial charge in [-0.3, -0.25) is 9.42 Å². The number of hydrogen-bond acceptors (Lipinski definition) is 6. The molecule has 2 unspecified atom stereocenters. The summed E-state index contributed by atoms with van der Waals surface area (Å²) < 4.78 is 24.6. The maximum Gasteiger partial charge on any atom is 0.526 e. The van der Waals surface area contributed by atoms with E-state index >= 15 is 0 Å². The molecule has 8 heteroatoms. The zero-order chi connectivity index (χ0) is 12.3. The second kappa shape index (κ2) is 4.97. The number of aliphatic hydroxyl groups excluding tert-OH is 1. The smallest absolute Gasteiger partial charge is 0.461 e. The van der Waals surface area contributed by atoms with Crippen molar-refractivity contribution in [1.82, 2.24) is 0 Å². The Balaban J connectivity index is 2.94. The molecule has 7 nitrogen and oxygen atoms in total. The third-order valence-electron chi connectivity index (χ3n) is 2.13. The summed E-state index contributed by atoms with van der Waals surface area (Å²) in [5.74, 6) is -1.27. The molecule has 1 aliphatic rings. The van der Waals surface area contributed by atoms with Gasteiger partial charge in [0, 0.05) is 7.11 Å². The van der Waals surface area contributed by atoms with Crippen LogP contribution in [-0.4, -0.2) is 36.3 Å². The molecule has 0 saturated carbocycles. The van der Waals surface area contributed by atoms with Gasteiger partial charge in [-0.2, -0.15) is 0 Å². The molecule has 2 N–H and O–H groups in total. The number of aliphatic hydroxyl groups is 1. The number of rotatable bonds is 4. The van der Waals surface area contributed by atoms with Crippen molar-refractivity contribution in [3.05, 3.63) is 11.3 Å². The van der Waals surface area contributed by atoms with Crippen LogP contribution in [0.1, 0.15) is 6.92 Å². The fourth-order valence-electron chi connectivity index (χ4n) is 1.34. The number of hydrogen-bond donors (Lipinski definition) is 2. The van der Waals surface area contributed by atoms with Crippen LogP contribution in [0.5, 0.6) is 0 Å². The molecule has 92 valence electrons. The largest absolute Gasteiger partial charge is 0.526 e. The van der Waals surface area contributed by atoms with Gasteiger partial charge in [0.25, 0.3) is 0 Å². The molecule has 0 aromatic rings. The van der Waals surface area contributed by atoms with Crippen LogP contribution in [-0.2, 0) is 23.1 Å². The van der Waals surface area contributed by atoms with Crippen molar-refractivity contribution < 1.29 is 33.1 Å². The summed E-state index contributed by atoms with van der Waals surface area (Å²) in [5.41, 5.74) is 0.0637. The number of cyclic esters (lactones) is 1. The van der Waals surface area contributed by atoms with E-state index in [-0.39, 0.29) is 24.5 Å². The first-order valence-corrected chi connectivity index (χ1v) is 5.97. The summed E-state index contributed by atoms with van der Waals surface area (Å²) in [6, 6.07) is 0. The molecule has 1 aliphatic heterocycles. The molecule has 16 heavy (non-hydrogen) atoms. The van der Waals surface area contributed by atoms with Crippen LogP contribution in [0.2, 0.25) is 0 Å². The summed E-state index contributed by atoms with van der Waals surface area (Å²) >= 11 is 0. The molecule has 0 aromatic carbocycles. The van der Waals surface area contributed by atoms with Gasteiger partial charge in [0.05, 0.1) is 18.1 Å². The lowest BCUT2D eigenvalue weighted by atomic mass is 10.0. The fourth-order valence-corrected chi connectivity index (χ4v) is 1.86. The highest BCUT2D eigenvalue weighted by Gasteiger charge is 2.34. The van der Waals surface area contributed by atoms with E-state index in [0.29, 0.717) is 0 Å². The van der Waals surface area contributed by atoms with Gasteiger partial charge in [-0.05, 0) is 6.92 Å². The summed E-state index contributed by atoms with van der Waals surface area (Å²) in [4.78, 5) is 20.3. The highest BCUT2D eigenvalue weighted by Crippen LogP contribution is 2.45. The number of phosphoric acid groups is 1. The van der Waals surface area contributed by atoms with E-state index in [1.54, 1.807) is 0 Å². The molecular weight excluding hydrogens is 239 g/mol. The molecule has 0 bridgehead atoms. The van der Waals surface area contributed by atoms with Crippen LogP contribution in [0.15, 0.2) is 11.3 Å². The Kier molecular flexibility index (Phi) is 4.09. The highest BCUT2D eigenvalue weighted by molar-refractivity contribution is 7.47. The number of carbonyl (C=O) groups is 1. The van der Waals surface area contributed by atoms with Crippen molar-refractivity contribution in [2.45, 2.75) is 6.92 Å². The maximum atomic E-state index is 11.3. The average Bonchev–Trinajstić information content (AvgIpc) is 2.59. The standard InChI is InChI=1S/C8H13O7P/c1-5(15-16(11,12)13-2)7-6(3-9)4-14-8(7)10/h6,9H,3-4H2,1-2H3,(H,11,12)/b7-5+. The lowest BCUT2D eigenvalue weighted by molar-refractivity contribution is -0.135. The Bertz CT molecular complexity index is 361. The monoisotopic (exact) mass is 252 g/mol. The molecule has 0 amide bonds. The Hall–Kier alpha value is -0.880. The van der Waals surface area contributed by atoms with Gasteiger partial charge >= 0.3 is 13.8 Å². The Morgan fingerprint density at radius 2 is 2.31 bits per heavy atom. The zero-order valence-electron chi connectivity index (χ0n) is 8.87. The molecule has 0 spiro atoms. The van der Waals surface area contributed by atoms with Crippen molar-refractivity contribution in [3.63, 3.8) is 0 Å². The van der Waals surface area contributed by atoms with E-state index in [4.69, 9.17) is 10.00 Å². The average molecular weight is 252 g/mol. The number of esters is 1. The van der Waals surface area contributed by atoms with Crippen molar-refractivity contribution in [1.29, 1.82) is 0 Å². The molecule has 1 fully saturated rings. The van der Waals surface area contributed by atoms with Crippen LogP contribution in [0, 0.1) is 5.92 Å². The van der Waals surface area contributed by atoms with Gasteiger partial charge in [-0.1, -0.05) is 0 Å². The molecular formula is C8H13O7P. The van der Waals surface area contributed by atoms with Gasteiger partial charge in [0.2, 0.25) is 0 Å². The summed E-state index contributed by atoms with van der Waals surface area (Å²) in [6.45, 7) is 1.07. The minimum absolute atomic E-state index is 0.0358. The second-order valence-electron chi connectivity index (χ2n) is 3.19. The minimum Gasteiger partial charge on any atom is -0.461 e. The number of allylic oxidation sites excluding steroid dienone is 1. The van der Waals surface area contributed by atoms with Gasteiger partial charge in [0.15, 0.2) is 0 Å². The maximum absolute atomic E-state index is 11.3. The van der Waals surface area contributed by atoms with Crippen molar-refractivity contribution in [3.8, 4) is 0 Å². The minimum atomic E-state index is -4.19. The van der Waals surface area contributed by atoms with Crippen LogP contribution in [0.4, 0.5) is 0 Å². The molecule has 1 heterocycles. The Labute approximate surface area is 92.2 Å². The second-order valence-corrected chi connectivity index (χ2v) is 4.68. The Morgan fingerprint density at radius 1 is 1.69 bits per heavy atom. The lowest BCUT2D eigenvalue weighted by Gasteiger charge is -2.13. The van der Waals surface area contributed by atoms with Crippen LogP contribution < -0.4 is 0 Å². The van der Waals surface area contributed by atoms with E-state index in [1.165, 1.54) is 6.92 Å². The number of carbonyl (C=O) groups excluding carboxylic acids is 1. The third-order valence-corrected chi connectivity index (χ3v) is 3.09. The highest BCUT2D eigenvalue weighted by atomic mass is 31.2. The first-order chi connectivity index (χ1) is 7.41. The van der Waals surface area contributed by atoms with Crippen molar-refractivity contribution >= 4 is 13.8 Å². The van der Waals surface area contributed by atoms with Crippen LogP contribution in [0.25, 0.3) is 0 Å². The predicted molar refractivity (Wildman–Crippen MR) is 52.2 cm³/mol. The quantitative estimate of drug-likeness (QED) is 0.318. The summed E-state index contributed by atoms with van der Waals surface area (Å²) in [6.07, 6.45) is 0. The molecule has 1 saturated heterocycles. The zero-order valence-corrected chi connectivity index (χ0v) is 9.77. The molecule has 2 atom stereocenters. The van der Waals surface area contributed by atoms with E-state index in [2.05, 4.69) is 13.8 Å². The Morgan fingerprint density at radius 3 is 2.81 bits per heavy atom. The van der Waals surface area contributed by atoms with Gasteiger partial charge in [0.1, 0.15) is 12.4 Å². The SMILES string of the molecule is COP(=O)(O)O/C(C)=C1/C(=O)OCC1CO. The summed E-state index contributed by atoms with van der Waals surface area (Å²) in [5, 5.41) is 8.97. The van der Waals surface area contributed by atoms with Crippen LogP contribution >= 0.6 is 7.82 Å². The van der Waals surface area contributed by atoms with Crippen molar-refractivity contribution in [2.24, 2.45) is 5.92 Å². The normalized spacial score (nSPS) is 27.2. The molecule has 1 rings (SSSR count). The van der Waals surface area contributed by atoms with E-state index < -0.39 is 19.7 Å². The topological polar surface area (TPSA) is 102 Å². The summed E-state index contributed by atoms with van der Waals surface area (Å²) in [7, 11) is -3.18. The van der Waals surface area contributed by atoms with Gasteiger partial charge < -0.3 is 14.4 Å². The molecule has 0 radical (unpaired) electrons. The van der Waals surface area contributed by atoms with Gasteiger partial charge in [-0.25, -0.2) is 9.36 Å². The van der Waals surface area contributed by atoms with Gasteiger partial charge in [-0.15, -0.1) is 0 Å². The molecule has 0 aliphatic carbocycles. The van der Waals surface area contributed by atoms with Crippen LogP contribution in [0.3, 0.4) is 0 Å². The first kappa shape index (κ1) is 13.2. The van der Waals surface area contributed by atoms with E-state index in [1.807, 2.05) is 0 Å². The van der Waals surface area contributed by atoms with E-state index in [9.17, 15) is 9.36 Å². The van der Waals surface area contributed by atoms with Crippen molar-refractivity contribution in [2.75, 3.05) is 20.3 Å².